The van der Waals surface area contributed by atoms with Gasteiger partial charge in [0.25, 0.3) is 0 Å². The Labute approximate surface area is 122 Å². The van der Waals surface area contributed by atoms with Gasteiger partial charge in [0.1, 0.15) is 0 Å². The van der Waals surface area contributed by atoms with Crippen LogP contribution >= 0.6 is 15.9 Å². The first-order valence-corrected chi connectivity index (χ1v) is 7.22. The molecule has 0 fully saturated rings. The zero-order valence-electron chi connectivity index (χ0n) is 11.0. The number of hydrogen-bond acceptors (Lipinski definition) is 2. The van der Waals surface area contributed by atoms with E-state index < -0.39 is 0 Å². The molecule has 1 N–H and O–H groups in total. The maximum absolute atomic E-state index is 9.54. The van der Waals surface area contributed by atoms with Gasteiger partial charge in [-0.2, -0.15) is 0 Å². The SMILES string of the molecule is Cc1ccc(CC(CO)Cc2cncc(Br)c2)cc1. The molecule has 0 radical (unpaired) electrons. The molecule has 1 atom stereocenters. The number of nitrogens with zero attached hydrogens (tertiary/aromatic N) is 1. The zero-order chi connectivity index (χ0) is 13.7. The molecule has 2 nitrogen and oxygen atoms in total. The van der Waals surface area contributed by atoms with E-state index in [2.05, 4.69) is 58.2 Å². The molecule has 0 saturated carbocycles. The van der Waals surface area contributed by atoms with Crippen molar-refractivity contribution in [1.29, 1.82) is 0 Å². The minimum atomic E-state index is 0.195. The van der Waals surface area contributed by atoms with E-state index in [0.717, 1.165) is 22.9 Å². The molecule has 3 heteroatoms. The van der Waals surface area contributed by atoms with Crippen LogP contribution < -0.4 is 0 Å². The molecule has 1 aromatic heterocycles. The van der Waals surface area contributed by atoms with Gasteiger partial charge in [-0.1, -0.05) is 29.8 Å². The average Bonchev–Trinajstić information content (AvgIpc) is 2.40. The van der Waals surface area contributed by atoms with E-state index >= 15 is 0 Å². The summed E-state index contributed by atoms with van der Waals surface area (Å²) < 4.78 is 0.983. The first kappa shape index (κ1) is 14.2. The van der Waals surface area contributed by atoms with E-state index in [-0.39, 0.29) is 12.5 Å². The first-order chi connectivity index (χ1) is 9.17. The number of aliphatic hydroxyl groups is 1. The van der Waals surface area contributed by atoms with Gasteiger partial charge in [0.05, 0.1) is 0 Å². The minimum absolute atomic E-state index is 0.195. The van der Waals surface area contributed by atoms with Gasteiger partial charge in [-0.05, 0) is 58.8 Å². The predicted molar refractivity (Wildman–Crippen MR) is 81.1 cm³/mol. The van der Waals surface area contributed by atoms with Crippen molar-refractivity contribution in [2.24, 2.45) is 5.92 Å². The second-order valence-electron chi connectivity index (χ2n) is 4.95. The lowest BCUT2D eigenvalue weighted by Gasteiger charge is -2.14. The van der Waals surface area contributed by atoms with Crippen LogP contribution in [0.25, 0.3) is 0 Å². The van der Waals surface area contributed by atoms with Crippen LogP contribution in [0.3, 0.4) is 0 Å². The van der Waals surface area contributed by atoms with Crippen molar-refractivity contribution in [2.45, 2.75) is 19.8 Å². The largest absolute Gasteiger partial charge is 0.396 e. The highest BCUT2D eigenvalue weighted by Gasteiger charge is 2.10. The Hall–Kier alpha value is -1.19. The minimum Gasteiger partial charge on any atom is -0.396 e. The average molecular weight is 320 g/mol. The number of benzene rings is 1. The van der Waals surface area contributed by atoms with Crippen LogP contribution in [0, 0.1) is 12.8 Å². The van der Waals surface area contributed by atoms with Gasteiger partial charge >= 0.3 is 0 Å². The van der Waals surface area contributed by atoms with E-state index in [1.807, 2.05) is 6.20 Å². The second kappa shape index (κ2) is 6.83. The number of hydrogen-bond donors (Lipinski definition) is 1. The number of pyridine rings is 1. The molecule has 0 aliphatic heterocycles. The van der Waals surface area contributed by atoms with Crippen molar-refractivity contribution in [3.63, 3.8) is 0 Å². The second-order valence-corrected chi connectivity index (χ2v) is 5.87. The first-order valence-electron chi connectivity index (χ1n) is 6.43. The smallest absolute Gasteiger partial charge is 0.0465 e. The van der Waals surface area contributed by atoms with Crippen LogP contribution in [0.1, 0.15) is 16.7 Å². The number of halogens is 1. The van der Waals surface area contributed by atoms with E-state index in [9.17, 15) is 5.11 Å². The molecule has 1 heterocycles. The molecule has 0 saturated heterocycles. The third-order valence-electron chi connectivity index (χ3n) is 3.19. The van der Waals surface area contributed by atoms with Crippen molar-refractivity contribution < 1.29 is 5.11 Å². The fourth-order valence-corrected chi connectivity index (χ4v) is 2.57. The molecule has 2 aromatic rings. The van der Waals surface area contributed by atoms with Crippen molar-refractivity contribution in [1.82, 2.24) is 4.98 Å². The molecule has 100 valence electrons. The summed E-state index contributed by atoms with van der Waals surface area (Å²) >= 11 is 3.42. The van der Waals surface area contributed by atoms with Crippen molar-refractivity contribution >= 4 is 15.9 Å². The highest BCUT2D eigenvalue weighted by Crippen LogP contribution is 2.17. The van der Waals surface area contributed by atoms with E-state index in [1.165, 1.54) is 11.1 Å². The van der Waals surface area contributed by atoms with Gasteiger partial charge in [-0.3, -0.25) is 4.98 Å². The molecule has 2 rings (SSSR count). The standard InChI is InChI=1S/C16H18BrNO/c1-12-2-4-13(5-3-12)6-15(11-19)7-14-8-16(17)10-18-9-14/h2-5,8-10,15,19H,6-7,11H2,1H3. The Morgan fingerprint density at radius 1 is 1.11 bits per heavy atom. The quantitative estimate of drug-likeness (QED) is 0.914. The van der Waals surface area contributed by atoms with Gasteiger partial charge in [0.2, 0.25) is 0 Å². The summed E-state index contributed by atoms with van der Waals surface area (Å²) in [7, 11) is 0. The van der Waals surface area contributed by atoms with Crippen LogP contribution in [0.2, 0.25) is 0 Å². The number of aryl methyl sites for hydroxylation is 1. The lowest BCUT2D eigenvalue weighted by atomic mass is 9.93. The van der Waals surface area contributed by atoms with Gasteiger partial charge < -0.3 is 5.11 Å². The normalized spacial score (nSPS) is 12.4. The van der Waals surface area contributed by atoms with Gasteiger partial charge in [0.15, 0.2) is 0 Å². The lowest BCUT2D eigenvalue weighted by molar-refractivity contribution is 0.225. The highest BCUT2D eigenvalue weighted by molar-refractivity contribution is 9.10. The fraction of sp³-hybridized carbons (Fsp3) is 0.312. The van der Waals surface area contributed by atoms with Crippen LogP contribution in [-0.4, -0.2) is 16.7 Å². The monoisotopic (exact) mass is 319 g/mol. The summed E-state index contributed by atoms with van der Waals surface area (Å²) in [4.78, 5) is 4.16. The number of rotatable bonds is 5. The Morgan fingerprint density at radius 2 is 1.79 bits per heavy atom. The van der Waals surface area contributed by atoms with E-state index in [4.69, 9.17) is 0 Å². The Balaban J connectivity index is 2.02. The molecule has 0 aliphatic rings. The topological polar surface area (TPSA) is 33.1 Å². The van der Waals surface area contributed by atoms with Gasteiger partial charge in [0, 0.05) is 23.5 Å². The molecule has 19 heavy (non-hydrogen) atoms. The fourth-order valence-electron chi connectivity index (χ4n) is 2.16. The maximum atomic E-state index is 9.54. The number of aliphatic hydroxyl groups excluding tert-OH is 1. The van der Waals surface area contributed by atoms with Crippen LogP contribution in [-0.2, 0) is 12.8 Å². The summed E-state index contributed by atoms with van der Waals surface area (Å²) in [5.41, 5.74) is 3.69. The Morgan fingerprint density at radius 3 is 2.42 bits per heavy atom. The molecule has 1 unspecified atom stereocenters. The summed E-state index contributed by atoms with van der Waals surface area (Å²) in [5.74, 6) is 0.235. The summed E-state index contributed by atoms with van der Waals surface area (Å²) in [5, 5.41) is 9.54. The van der Waals surface area contributed by atoms with Gasteiger partial charge in [-0.25, -0.2) is 0 Å². The third kappa shape index (κ3) is 4.44. The maximum Gasteiger partial charge on any atom is 0.0465 e. The third-order valence-corrected chi connectivity index (χ3v) is 3.62. The van der Waals surface area contributed by atoms with Crippen molar-refractivity contribution in [3.8, 4) is 0 Å². The van der Waals surface area contributed by atoms with Crippen molar-refractivity contribution in [3.05, 3.63) is 63.9 Å². The molecule has 1 aromatic carbocycles. The molecular formula is C16H18BrNO. The molecule has 0 spiro atoms. The zero-order valence-corrected chi connectivity index (χ0v) is 12.6. The summed E-state index contributed by atoms with van der Waals surface area (Å²) in [6.45, 7) is 2.28. The van der Waals surface area contributed by atoms with Crippen LogP contribution in [0.5, 0.6) is 0 Å². The predicted octanol–water partition coefficient (Wildman–Crippen LogP) is 3.55. The van der Waals surface area contributed by atoms with Crippen LogP contribution in [0.15, 0.2) is 47.2 Å². The Kier molecular flexibility index (Phi) is 5.11. The molecule has 0 amide bonds. The van der Waals surface area contributed by atoms with Crippen LogP contribution in [0.4, 0.5) is 0 Å². The van der Waals surface area contributed by atoms with Gasteiger partial charge in [-0.15, -0.1) is 0 Å². The molecule has 0 bridgehead atoms. The summed E-state index contributed by atoms with van der Waals surface area (Å²) in [6.07, 6.45) is 5.38. The lowest BCUT2D eigenvalue weighted by Crippen LogP contribution is -2.13. The molecule has 0 aliphatic carbocycles. The van der Waals surface area contributed by atoms with Crippen molar-refractivity contribution in [2.75, 3.05) is 6.61 Å². The van der Waals surface area contributed by atoms with E-state index in [1.54, 1.807) is 6.20 Å². The van der Waals surface area contributed by atoms with E-state index in [0.29, 0.717) is 0 Å². The Bertz CT molecular complexity index is 525. The summed E-state index contributed by atoms with van der Waals surface area (Å²) in [6, 6.07) is 10.6. The number of aromatic nitrogens is 1. The highest BCUT2D eigenvalue weighted by atomic mass is 79.9. The molecular weight excluding hydrogens is 302 g/mol.